The zero-order valence-corrected chi connectivity index (χ0v) is 11.3. The largest absolute Gasteiger partial charge is 2.00 e. The van der Waals surface area contributed by atoms with Gasteiger partial charge >= 0.3 is 50.6 Å². The fourth-order valence-corrected chi connectivity index (χ4v) is 0. The summed E-state index contributed by atoms with van der Waals surface area (Å²) >= 11 is 0. The summed E-state index contributed by atoms with van der Waals surface area (Å²) in [5.74, 6) is 0. The van der Waals surface area contributed by atoms with Crippen molar-refractivity contribution < 1.29 is 77.9 Å². The Balaban J connectivity index is -0.00000000143. The van der Waals surface area contributed by atoms with E-state index in [9.17, 15) is 0 Å². The molecule has 22 heteroatoms. The second-order valence-corrected chi connectivity index (χ2v) is 0.577. The molecular weight excluding hydrogens is 313 g/mol. The third-order valence-corrected chi connectivity index (χ3v) is 0. The standard InChI is InChI=1S/2BO3.5Be.2FH.7H2O/c2*2-1(3)4;;;;;;;;;;;;;;/h;;;;;;;2*1H;7*1H2/q2*-3;5*+2;;;;;;;;;/p-4. The third kappa shape index (κ3) is 76800. The Bertz CT molecular complexity index is 49.9. The molecule has 0 aliphatic carbocycles. The molecule has 0 heterocycles. The first kappa shape index (κ1) is 254. The maximum atomic E-state index is 8.42. The fourth-order valence-electron chi connectivity index (χ4n) is 0. The SMILES string of the molecule is O.O.O.O.O.[Be+2].[Be+2].[Be+2].[Be+2].[Be+2].[F-].[F-].[O-]B([O-])[O-].[O-]B([O-])[O-].[OH-].[OH-]. The number of halogens is 2. The summed E-state index contributed by atoms with van der Waals surface area (Å²) in [6, 6.07) is 0. The van der Waals surface area contributed by atoms with Gasteiger partial charge in [0.1, 0.15) is 0 Å². The van der Waals surface area contributed by atoms with E-state index in [0.29, 0.717) is 0 Å². The van der Waals surface area contributed by atoms with Gasteiger partial charge in [0.2, 0.25) is 0 Å². The van der Waals surface area contributed by atoms with Gasteiger partial charge in [0.15, 0.2) is 0 Å². The van der Waals surface area contributed by atoms with Crippen LogP contribution in [0.2, 0.25) is 0 Å². The van der Waals surface area contributed by atoms with Crippen LogP contribution in [0.3, 0.4) is 0 Å². The molecule has 0 rings (SSSR count). The van der Waals surface area contributed by atoms with Crippen LogP contribution in [0.25, 0.3) is 0 Å². The molecule has 0 aromatic carbocycles. The predicted octanol–water partition coefficient (Wildman–Crippen LogP) is -20.3. The zero-order chi connectivity index (χ0) is 7.15. The molecule has 0 aliphatic heterocycles. The number of hydrogen-bond acceptors (Lipinski definition) is 8. The Kier molecular flexibility index (Phi) is 2550. The maximum absolute atomic E-state index is 8.42. The van der Waals surface area contributed by atoms with Crippen LogP contribution < -0.4 is 39.6 Å². The molecule has 0 saturated heterocycles. The van der Waals surface area contributed by atoms with Gasteiger partial charge in [-0.15, -0.1) is 0 Å². The van der Waals surface area contributed by atoms with E-state index in [0.717, 1.165) is 0 Å². The molecule has 0 aliphatic rings. The van der Waals surface area contributed by atoms with Gasteiger partial charge in [-0.25, -0.2) is 0 Å². The van der Waals surface area contributed by atoms with E-state index in [2.05, 4.69) is 0 Å². The molecule has 12 N–H and O–H groups in total. The van der Waals surface area contributed by atoms with Crippen molar-refractivity contribution in [1.82, 2.24) is 0 Å². The van der Waals surface area contributed by atoms with E-state index in [-0.39, 0.29) is 98.3 Å². The van der Waals surface area contributed by atoms with E-state index in [4.69, 9.17) is 30.1 Å². The Hall–Kier alpha value is 0.314. The molecule has 120 valence electrons. The third-order valence-electron chi connectivity index (χ3n) is 0. The molecule has 22 heavy (non-hydrogen) atoms. The molecule has 0 saturated carbocycles. The summed E-state index contributed by atoms with van der Waals surface area (Å²) in [4.78, 5) is 0. The van der Waals surface area contributed by atoms with E-state index in [1.54, 1.807) is 0 Å². The minimum atomic E-state index is -2.92. The Morgan fingerprint density at radius 3 is 0.364 bits per heavy atom. The second-order valence-electron chi connectivity index (χ2n) is 0.577. The van der Waals surface area contributed by atoms with Crippen molar-refractivity contribution >= 4 is 65.2 Å². The van der Waals surface area contributed by atoms with E-state index in [1.807, 2.05) is 0 Å². The van der Waals surface area contributed by atoms with E-state index < -0.39 is 14.6 Å². The van der Waals surface area contributed by atoms with Crippen LogP contribution >= 0.6 is 0 Å². The Morgan fingerprint density at radius 2 is 0.364 bits per heavy atom. The van der Waals surface area contributed by atoms with Gasteiger partial charge in [0.25, 0.3) is 0 Å². The molecule has 0 spiro atoms. The summed E-state index contributed by atoms with van der Waals surface area (Å²) in [5, 5.41) is 50.5. The summed E-state index contributed by atoms with van der Waals surface area (Å²) in [6.07, 6.45) is 0. The first-order chi connectivity index (χ1) is 3.46. The minimum absolute atomic E-state index is 0. The first-order valence-corrected chi connectivity index (χ1v) is 1.41. The van der Waals surface area contributed by atoms with Crippen molar-refractivity contribution in [3.63, 3.8) is 0 Å². The van der Waals surface area contributed by atoms with Gasteiger partial charge in [-0.1, -0.05) is 0 Å². The average molecular weight is 325 g/mol. The molecule has 0 bridgehead atoms. The van der Waals surface area contributed by atoms with Crippen LogP contribution in [0.15, 0.2) is 0 Å². The van der Waals surface area contributed by atoms with Crippen molar-refractivity contribution in [1.29, 1.82) is 0 Å². The number of hydrogen-bond donors (Lipinski definition) is 0. The Morgan fingerprint density at radius 1 is 0.364 bits per heavy atom. The van der Waals surface area contributed by atoms with Crippen LogP contribution in [0.5, 0.6) is 0 Å². The maximum Gasteiger partial charge on any atom is 2.00 e. The van der Waals surface area contributed by atoms with Crippen LogP contribution in [0.4, 0.5) is 0 Å². The second kappa shape index (κ2) is 221. The zero-order valence-electron chi connectivity index (χ0n) is 11.3. The van der Waals surface area contributed by atoms with Crippen LogP contribution in [-0.2, 0) is 0 Å². The van der Waals surface area contributed by atoms with Crippen LogP contribution in [-0.4, -0.2) is 104 Å². The quantitative estimate of drug-likeness (QED) is 0.383. The molecule has 0 radical (unpaired) electrons. The summed E-state index contributed by atoms with van der Waals surface area (Å²) in [7, 11) is -5.83. The molecule has 0 amide bonds. The van der Waals surface area contributed by atoms with E-state index in [1.165, 1.54) is 0 Å². The van der Waals surface area contributed by atoms with E-state index >= 15 is 0 Å². The summed E-state index contributed by atoms with van der Waals surface area (Å²) in [5.41, 5.74) is 0. The monoisotopic (exact) mass is 325 g/mol. The van der Waals surface area contributed by atoms with Gasteiger partial charge in [0.05, 0.1) is 0 Å². The molecule has 0 atom stereocenters. The van der Waals surface area contributed by atoms with Gasteiger partial charge in [-0.3, -0.25) is 14.6 Å². The topological polar surface area (TPSA) is 356 Å². The fraction of sp³-hybridized carbons (Fsp3) is 0. The Labute approximate surface area is 144 Å². The average Bonchev–Trinajstić information content (AvgIpc) is 1.25. The van der Waals surface area contributed by atoms with Gasteiger partial charge in [-0.2, -0.15) is 0 Å². The van der Waals surface area contributed by atoms with Gasteiger partial charge in [-0.05, 0) is 0 Å². The molecule has 0 aromatic rings. The normalized spacial score (nSPS) is 2.45. The summed E-state index contributed by atoms with van der Waals surface area (Å²) in [6.45, 7) is 0. The molecule has 0 fully saturated rings. The van der Waals surface area contributed by atoms with Crippen molar-refractivity contribution in [2.75, 3.05) is 0 Å². The van der Waals surface area contributed by atoms with Gasteiger partial charge < -0.3 is 77.9 Å². The van der Waals surface area contributed by atoms with Crippen molar-refractivity contribution in [3.8, 4) is 0 Å². The van der Waals surface area contributed by atoms with Crippen LogP contribution in [0.1, 0.15) is 0 Å². The summed E-state index contributed by atoms with van der Waals surface area (Å²) < 4.78 is 0. The van der Waals surface area contributed by atoms with Crippen molar-refractivity contribution in [3.05, 3.63) is 0 Å². The van der Waals surface area contributed by atoms with Gasteiger partial charge in [0, 0.05) is 0 Å². The van der Waals surface area contributed by atoms with Crippen LogP contribution in [0, 0.1) is 0 Å². The predicted molar refractivity (Wildman–Crippen MR) is 62.2 cm³/mol. The molecule has 13 nitrogen and oxygen atoms in total. The minimum Gasteiger partial charge on any atom is -1.00 e. The number of rotatable bonds is 0. The first-order valence-electron chi connectivity index (χ1n) is 1.41. The smallest absolute Gasteiger partial charge is 1.00 e. The molecule has 0 unspecified atom stereocenters. The molecular formula is H12B2Be5F2O13. The van der Waals surface area contributed by atoms with Crippen molar-refractivity contribution in [2.45, 2.75) is 0 Å². The molecule has 0 aromatic heterocycles. The van der Waals surface area contributed by atoms with Crippen molar-refractivity contribution in [2.24, 2.45) is 0 Å².